The van der Waals surface area contributed by atoms with Crippen molar-refractivity contribution in [3.63, 3.8) is 0 Å². The van der Waals surface area contributed by atoms with E-state index in [2.05, 4.69) is 24.4 Å². The summed E-state index contributed by atoms with van der Waals surface area (Å²) in [5.41, 5.74) is 3.78. The molecule has 0 fully saturated rings. The van der Waals surface area contributed by atoms with Gasteiger partial charge >= 0.3 is 0 Å². The van der Waals surface area contributed by atoms with Crippen LogP contribution in [0.15, 0.2) is 18.2 Å². The third-order valence-electron chi connectivity index (χ3n) is 1.93. The first-order valence-electron chi connectivity index (χ1n) is 3.55. The summed E-state index contributed by atoms with van der Waals surface area (Å²) < 4.78 is 0. The van der Waals surface area contributed by atoms with Gasteiger partial charge in [-0.2, -0.15) is 0 Å². The minimum absolute atomic E-state index is 1.07. The van der Waals surface area contributed by atoms with Crippen LogP contribution in [0.4, 0.5) is 5.69 Å². The molecule has 1 heterocycles. The summed E-state index contributed by atoms with van der Waals surface area (Å²) in [6.07, 6.45) is 1.15. The maximum absolute atomic E-state index is 3.93. The number of rotatable bonds is 0. The Morgan fingerprint density at radius 2 is 2.30 bits per heavy atom. The molecule has 1 radical (unpaired) electrons. The fourth-order valence-electron chi connectivity index (χ4n) is 1.41. The van der Waals surface area contributed by atoms with Crippen LogP contribution in [0.1, 0.15) is 11.1 Å². The molecule has 10 heavy (non-hydrogen) atoms. The maximum Gasteiger partial charge on any atom is 0.0406 e. The molecule has 0 saturated carbocycles. The summed E-state index contributed by atoms with van der Waals surface area (Å²) >= 11 is 0. The molecule has 0 aromatic heterocycles. The van der Waals surface area contributed by atoms with Crippen LogP contribution < -0.4 is 5.32 Å². The van der Waals surface area contributed by atoms with Crippen LogP contribution in [0.3, 0.4) is 0 Å². The van der Waals surface area contributed by atoms with Gasteiger partial charge in [0.1, 0.15) is 0 Å². The van der Waals surface area contributed by atoms with Gasteiger partial charge < -0.3 is 5.32 Å². The summed E-state index contributed by atoms with van der Waals surface area (Å²) in [7, 11) is 0. The van der Waals surface area contributed by atoms with Gasteiger partial charge in [-0.1, -0.05) is 18.2 Å². The van der Waals surface area contributed by atoms with E-state index in [-0.39, 0.29) is 0 Å². The van der Waals surface area contributed by atoms with Crippen LogP contribution in [0.5, 0.6) is 0 Å². The lowest BCUT2D eigenvalue weighted by atomic mass is 10.1. The van der Waals surface area contributed by atoms with Crippen LogP contribution in [-0.4, -0.2) is 6.54 Å². The number of nitrogens with one attached hydrogen (secondary N) is 1. The molecule has 0 spiro atoms. The van der Waals surface area contributed by atoms with Gasteiger partial charge in [-0.3, -0.25) is 0 Å². The Labute approximate surface area is 61.1 Å². The van der Waals surface area contributed by atoms with Crippen LogP contribution in [0.2, 0.25) is 0 Å². The summed E-state index contributed by atoms with van der Waals surface area (Å²) in [4.78, 5) is 0. The molecule has 1 aromatic rings. The largest absolute Gasteiger partial charge is 0.384 e. The molecular formula is C9H10N. The molecule has 1 nitrogen and oxygen atoms in total. The number of hydrogen-bond donors (Lipinski definition) is 1. The van der Waals surface area contributed by atoms with E-state index in [9.17, 15) is 0 Å². The number of anilines is 1. The van der Waals surface area contributed by atoms with Crippen LogP contribution in [0, 0.1) is 6.92 Å². The monoisotopic (exact) mass is 132 g/mol. The highest BCUT2D eigenvalue weighted by molar-refractivity contribution is 5.62. The van der Waals surface area contributed by atoms with Gasteiger partial charge in [0.2, 0.25) is 0 Å². The SMILES string of the molecule is [CH2]c1cccc2c1NCC2. The molecule has 0 unspecified atom stereocenters. The quantitative estimate of drug-likeness (QED) is 0.568. The second kappa shape index (κ2) is 2.01. The third kappa shape index (κ3) is 0.703. The molecule has 1 heteroatoms. The van der Waals surface area contributed by atoms with Gasteiger partial charge in [0, 0.05) is 12.2 Å². The molecule has 0 aliphatic carbocycles. The Balaban J connectivity index is 2.59. The molecule has 0 atom stereocenters. The Bertz CT molecular complexity index is 253. The van der Waals surface area contributed by atoms with Gasteiger partial charge in [0.15, 0.2) is 0 Å². The zero-order valence-corrected chi connectivity index (χ0v) is 5.85. The lowest BCUT2D eigenvalue weighted by Gasteiger charge is -2.01. The van der Waals surface area contributed by atoms with Gasteiger partial charge in [-0.15, -0.1) is 0 Å². The Kier molecular flexibility index (Phi) is 1.16. The first-order chi connectivity index (χ1) is 4.88. The highest BCUT2D eigenvalue weighted by Crippen LogP contribution is 2.24. The van der Waals surface area contributed by atoms with Crippen molar-refractivity contribution in [3.05, 3.63) is 36.2 Å². The lowest BCUT2D eigenvalue weighted by Crippen LogP contribution is -1.92. The molecule has 0 saturated heterocycles. The standard InChI is InChI=1S/C9H10N/c1-7-3-2-4-8-5-6-10-9(7)8/h2-4,10H,1,5-6H2. The normalized spacial score (nSPS) is 14.5. The minimum atomic E-state index is 1.07. The van der Waals surface area contributed by atoms with Gasteiger partial charge in [-0.05, 0) is 24.5 Å². The molecule has 1 aliphatic heterocycles. The summed E-state index contributed by atoms with van der Waals surface area (Å²) in [5, 5.41) is 3.31. The fraction of sp³-hybridized carbons (Fsp3) is 0.222. The number of hydrogen-bond acceptors (Lipinski definition) is 1. The average molecular weight is 132 g/mol. The van der Waals surface area contributed by atoms with Crippen molar-refractivity contribution in [1.82, 2.24) is 0 Å². The van der Waals surface area contributed by atoms with Crippen molar-refractivity contribution in [2.75, 3.05) is 11.9 Å². The predicted octanol–water partition coefficient (Wildman–Crippen LogP) is 1.84. The van der Waals surface area contributed by atoms with E-state index in [4.69, 9.17) is 0 Å². The van der Waals surface area contributed by atoms with E-state index >= 15 is 0 Å². The maximum atomic E-state index is 3.93. The van der Waals surface area contributed by atoms with Crippen LogP contribution in [-0.2, 0) is 6.42 Å². The third-order valence-corrected chi connectivity index (χ3v) is 1.93. The highest BCUT2D eigenvalue weighted by atomic mass is 14.9. The topological polar surface area (TPSA) is 12.0 Å². The first kappa shape index (κ1) is 5.78. The molecule has 1 aromatic carbocycles. The Morgan fingerprint density at radius 1 is 1.40 bits per heavy atom. The van der Waals surface area contributed by atoms with E-state index in [0.29, 0.717) is 0 Å². The molecule has 0 bridgehead atoms. The van der Waals surface area contributed by atoms with Crippen molar-refractivity contribution in [2.24, 2.45) is 0 Å². The second-order valence-corrected chi connectivity index (χ2v) is 2.63. The molecule has 0 amide bonds. The molecule has 51 valence electrons. The molecule has 2 rings (SSSR count). The second-order valence-electron chi connectivity index (χ2n) is 2.63. The smallest absolute Gasteiger partial charge is 0.0406 e. The number of fused-ring (bicyclic) bond motifs is 1. The van der Waals surface area contributed by atoms with E-state index in [1.807, 2.05) is 6.07 Å². The number of para-hydroxylation sites is 1. The summed E-state index contributed by atoms with van der Waals surface area (Å²) in [6.45, 7) is 5.00. The zero-order chi connectivity index (χ0) is 6.97. The van der Waals surface area contributed by atoms with Gasteiger partial charge in [0.05, 0.1) is 0 Å². The first-order valence-corrected chi connectivity index (χ1v) is 3.55. The van der Waals surface area contributed by atoms with E-state index in [1.165, 1.54) is 11.3 Å². The van der Waals surface area contributed by atoms with Gasteiger partial charge in [0.25, 0.3) is 0 Å². The van der Waals surface area contributed by atoms with E-state index in [1.54, 1.807) is 0 Å². The van der Waals surface area contributed by atoms with E-state index < -0.39 is 0 Å². The minimum Gasteiger partial charge on any atom is -0.384 e. The van der Waals surface area contributed by atoms with Crippen molar-refractivity contribution < 1.29 is 0 Å². The summed E-state index contributed by atoms with van der Waals surface area (Å²) in [6, 6.07) is 6.26. The van der Waals surface area contributed by atoms with Crippen molar-refractivity contribution >= 4 is 5.69 Å². The average Bonchev–Trinajstić information content (AvgIpc) is 2.36. The zero-order valence-electron chi connectivity index (χ0n) is 5.85. The van der Waals surface area contributed by atoms with Crippen molar-refractivity contribution in [1.29, 1.82) is 0 Å². The van der Waals surface area contributed by atoms with Gasteiger partial charge in [-0.25, -0.2) is 0 Å². The number of benzene rings is 1. The molecular weight excluding hydrogens is 122 g/mol. The van der Waals surface area contributed by atoms with E-state index in [0.717, 1.165) is 18.5 Å². The predicted molar refractivity (Wildman–Crippen MR) is 43.1 cm³/mol. The summed E-state index contributed by atoms with van der Waals surface area (Å²) in [5.74, 6) is 0. The molecule has 1 aliphatic rings. The van der Waals surface area contributed by atoms with Crippen LogP contribution in [0.25, 0.3) is 0 Å². The van der Waals surface area contributed by atoms with Crippen molar-refractivity contribution in [2.45, 2.75) is 6.42 Å². The highest BCUT2D eigenvalue weighted by Gasteiger charge is 2.09. The Morgan fingerprint density at radius 3 is 3.10 bits per heavy atom. The molecule has 1 N–H and O–H groups in total. The lowest BCUT2D eigenvalue weighted by molar-refractivity contribution is 1.11. The van der Waals surface area contributed by atoms with Crippen molar-refractivity contribution in [3.8, 4) is 0 Å². The Hall–Kier alpha value is -0.980. The van der Waals surface area contributed by atoms with Crippen LogP contribution >= 0.6 is 0 Å². The fourth-order valence-corrected chi connectivity index (χ4v) is 1.41.